The lowest BCUT2D eigenvalue weighted by molar-refractivity contribution is 0.442. The molecule has 0 unspecified atom stereocenters. The zero-order chi connectivity index (χ0) is 15.0. The van der Waals surface area contributed by atoms with Gasteiger partial charge in [0.15, 0.2) is 5.82 Å². The van der Waals surface area contributed by atoms with E-state index in [1.807, 2.05) is 27.0 Å². The van der Waals surface area contributed by atoms with Crippen LogP contribution in [0.2, 0.25) is 0 Å². The van der Waals surface area contributed by atoms with Crippen LogP contribution in [0.5, 0.6) is 5.88 Å². The highest BCUT2D eigenvalue weighted by molar-refractivity contribution is 7.13. The van der Waals surface area contributed by atoms with Crippen LogP contribution in [-0.2, 0) is 7.05 Å². The van der Waals surface area contributed by atoms with Crippen LogP contribution >= 0.6 is 11.3 Å². The predicted octanol–water partition coefficient (Wildman–Crippen LogP) is 2.83. The van der Waals surface area contributed by atoms with Gasteiger partial charge in [0.05, 0.1) is 21.8 Å². The van der Waals surface area contributed by atoms with Crippen LogP contribution < -0.4 is 0 Å². The van der Waals surface area contributed by atoms with E-state index < -0.39 is 0 Å². The molecule has 1 N–H and O–H groups in total. The molecular weight excluding hydrogens is 286 g/mol. The number of nitrogens with zero attached hydrogens (tertiary/aromatic N) is 5. The van der Waals surface area contributed by atoms with E-state index in [4.69, 9.17) is 0 Å². The Hall–Kier alpha value is -2.28. The van der Waals surface area contributed by atoms with Crippen molar-refractivity contribution >= 4 is 11.3 Å². The first-order valence-electron chi connectivity index (χ1n) is 6.56. The molecule has 0 aliphatic heterocycles. The second-order valence-corrected chi connectivity index (χ2v) is 5.88. The van der Waals surface area contributed by atoms with Crippen molar-refractivity contribution in [2.75, 3.05) is 0 Å². The average molecular weight is 301 g/mol. The van der Waals surface area contributed by atoms with Crippen molar-refractivity contribution in [1.82, 2.24) is 24.7 Å². The fourth-order valence-electron chi connectivity index (χ4n) is 2.23. The van der Waals surface area contributed by atoms with Gasteiger partial charge < -0.3 is 5.11 Å². The minimum atomic E-state index is 0.0135. The van der Waals surface area contributed by atoms with E-state index in [1.54, 1.807) is 22.6 Å². The van der Waals surface area contributed by atoms with Gasteiger partial charge in [0.2, 0.25) is 5.88 Å². The third kappa shape index (κ3) is 2.40. The Bertz CT molecular complexity index is 764. The zero-order valence-corrected chi connectivity index (χ0v) is 12.8. The maximum absolute atomic E-state index is 10.3. The van der Waals surface area contributed by atoms with Gasteiger partial charge in [-0.3, -0.25) is 9.67 Å². The minimum absolute atomic E-state index is 0.0135. The molecule has 0 amide bonds. The monoisotopic (exact) mass is 301 g/mol. The highest BCUT2D eigenvalue weighted by Gasteiger charge is 2.21. The Balaban J connectivity index is 2.27. The van der Waals surface area contributed by atoms with Crippen molar-refractivity contribution < 1.29 is 5.11 Å². The molecule has 6 nitrogen and oxygen atoms in total. The van der Waals surface area contributed by atoms with Gasteiger partial charge in [-0.05, 0) is 12.0 Å². The van der Waals surface area contributed by atoms with Crippen LogP contribution in [-0.4, -0.2) is 29.8 Å². The average Bonchev–Trinajstić information content (AvgIpc) is 3.08. The third-order valence-corrected chi connectivity index (χ3v) is 3.99. The van der Waals surface area contributed by atoms with E-state index in [2.05, 4.69) is 20.1 Å². The summed E-state index contributed by atoms with van der Waals surface area (Å²) in [4.78, 5) is 13.7. The van der Waals surface area contributed by atoms with Crippen molar-refractivity contribution in [3.05, 3.63) is 29.5 Å². The van der Waals surface area contributed by atoms with Crippen LogP contribution in [0.15, 0.2) is 24.0 Å². The first-order valence-corrected chi connectivity index (χ1v) is 7.44. The van der Waals surface area contributed by atoms with E-state index in [1.165, 1.54) is 11.3 Å². The molecular formula is C14H15N5OS. The summed E-state index contributed by atoms with van der Waals surface area (Å²) in [5.74, 6) is 0.598. The van der Waals surface area contributed by atoms with Gasteiger partial charge in [0, 0.05) is 25.0 Å². The van der Waals surface area contributed by atoms with E-state index in [9.17, 15) is 5.11 Å². The maximum Gasteiger partial charge on any atom is 0.218 e. The van der Waals surface area contributed by atoms with Crippen LogP contribution in [0.1, 0.15) is 25.3 Å². The van der Waals surface area contributed by atoms with Crippen LogP contribution in [0.3, 0.4) is 0 Å². The number of aryl methyl sites for hydroxylation is 1. The Morgan fingerprint density at radius 3 is 2.67 bits per heavy atom. The quantitative estimate of drug-likeness (QED) is 0.805. The number of hydrogen-bond donors (Lipinski definition) is 1. The number of aromatic nitrogens is 5. The molecule has 0 saturated heterocycles. The molecule has 0 spiro atoms. The van der Waals surface area contributed by atoms with Gasteiger partial charge in [0.25, 0.3) is 0 Å². The normalized spacial score (nSPS) is 11.2. The van der Waals surface area contributed by atoms with E-state index in [0.29, 0.717) is 11.5 Å². The zero-order valence-electron chi connectivity index (χ0n) is 12.0. The molecule has 3 rings (SSSR count). The lowest BCUT2D eigenvalue weighted by Gasteiger charge is -2.14. The molecule has 0 bridgehead atoms. The topological polar surface area (TPSA) is 76.7 Å². The fraction of sp³-hybridized carbons (Fsp3) is 0.286. The van der Waals surface area contributed by atoms with Gasteiger partial charge in [-0.1, -0.05) is 13.8 Å². The molecule has 3 aromatic heterocycles. The minimum Gasteiger partial charge on any atom is -0.493 e. The van der Waals surface area contributed by atoms with Gasteiger partial charge in [-0.2, -0.15) is 10.1 Å². The first kappa shape index (κ1) is 13.7. The number of thiazole rings is 1. The Labute approximate surface area is 126 Å². The SMILES string of the molecule is CC(C)c1c(O)nc(-c2cncs2)nc1-c1ccnn1C. The summed E-state index contributed by atoms with van der Waals surface area (Å²) in [6.07, 6.45) is 3.41. The number of rotatable bonds is 3. The lowest BCUT2D eigenvalue weighted by atomic mass is 10.0. The summed E-state index contributed by atoms with van der Waals surface area (Å²) in [6.45, 7) is 4.01. The van der Waals surface area contributed by atoms with Crippen molar-refractivity contribution in [2.24, 2.45) is 7.05 Å². The summed E-state index contributed by atoms with van der Waals surface area (Å²) >= 11 is 1.44. The Morgan fingerprint density at radius 1 is 1.29 bits per heavy atom. The molecule has 0 aromatic carbocycles. The van der Waals surface area contributed by atoms with E-state index >= 15 is 0 Å². The number of aromatic hydroxyl groups is 1. The molecule has 0 aliphatic carbocycles. The molecule has 0 radical (unpaired) electrons. The van der Waals surface area contributed by atoms with Crippen molar-refractivity contribution in [3.8, 4) is 28.0 Å². The summed E-state index contributed by atoms with van der Waals surface area (Å²) in [6, 6.07) is 1.88. The molecule has 21 heavy (non-hydrogen) atoms. The van der Waals surface area contributed by atoms with Crippen molar-refractivity contribution in [1.29, 1.82) is 0 Å². The van der Waals surface area contributed by atoms with Crippen molar-refractivity contribution in [3.63, 3.8) is 0 Å². The molecule has 0 saturated carbocycles. The lowest BCUT2D eigenvalue weighted by Crippen LogP contribution is -2.04. The van der Waals surface area contributed by atoms with Gasteiger partial charge in [-0.25, -0.2) is 4.98 Å². The maximum atomic E-state index is 10.3. The summed E-state index contributed by atoms with van der Waals surface area (Å²) in [5.41, 5.74) is 4.01. The molecule has 7 heteroatoms. The largest absolute Gasteiger partial charge is 0.493 e. The summed E-state index contributed by atoms with van der Waals surface area (Å²) in [5, 5.41) is 14.5. The van der Waals surface area contributed by atoms with Gasteiger partial charge in [0.1, 0.15) is 0 Å². The van der Waals surface area contributed by atoms with Crippen LogP contribution in [0, 0.1) is 0 Å². The Kier molecular flexibility index (Phi) is 3.42. The molecule has 0 aliphatic rings. The van der Waals surface area contributed by atoms with Crippen LogP contribution in [0.4, 0.5) is 0 Å². The highest BCUT2D eigenvalue weighted by atomic mass is 32.1. The van der Waals surface area contributed by atoms with Crippen molar-refractivity contribution in [2.45, 2.75) is 19.8 Å². The molecule has 3 heterocycles. The molecule has 3 aromatic rings. The van der Waals surface area contributed by atoms with E-state index in [-0.39, 0.29) is 11.8 Å². The van der Waals surface area contributed by atoms with Gasteiger partial charge >= 0.3 is 0 Å². The molecule has 108 valence electrons. The number of hydrogen-bond acceptors (Lipinski definition) is 6. The summed E-state index contributed by atoms with van der Waals surface area (Å²) in [7, 11) is 1.85. The standard InChI is InChI=1S/C14H15N5OS/c1-8(2)11-12(9-4-5-16-19(9)3)17-13(18-14(11)20)10-6-15-7-21-10/h4-8H,1-3H3,(H,17,18,20). The second-order valence-electron chi connectivity index (χ2n) is 4.99. The second kappa shape index (κ2) is 5.25. The third-order valence-electron chi connectivity index (χ3n) is 3.22. The smallest absolute Gasteiger partial charge is 0.218 e. The molecule has 0 fully saturated rings. The summed E-state index contributed by atoms with van der Waals surface area (Å²) < 4.78 is 1.74. The highest BCUT2D eigenvalue weighted by Crippen LogP contribution is 2.35. The molecule has 0 atom stereocenters. The van der Waals surface area contributed by atoms with Gasteiger partial charge in [-0.15, -0.1) is 11.3 Å². The first-order chi connectivity index (χ1) is 10.1. The van der Waals surface area contributed by atoms with Crippen LogP contribution in [0.25, 0.3) is 22.1 Å². The Morgan fingerprint density at radius 2 is 2.10 bits per heavy atom. The van der Waals surface area contributed by atoms with E-state index in [0.717, 1.165) is 16.1 Å². The predicted molar refractivity (Wildman–Crippen MR) is 81.1 cm³/mol. The fourth-order valence-corrected chi connectivity index (χ4v) is 2.78.